The van der Waals surface area contributed by atoms with Gasteiger partial charge in [0.25, 0.3) is 11.6 Å². The van der Waals surface area contributed by atoms with Crippen LogP contribution >= 0.6 is 0 Å². The third kappa shape index (κ3) is 4.22. The Labute approximate surface area is 229 Å². The maximum Gasteiger partial charge on any atom is 0.271 e. The Kier molecular flexibility index (Phi) is 7.18. The van der Waals surface area contributed by atoms with Crippen molar-refractivity contribution in [3.05, 3.63) is 76.3 Å². The average Bonchev–Trinajstić information content (AvgIpc) is 3.48. The Morgan fingerprint density at radius 2 is 1.65 bits per heavy atom. The lowest BCUT2D eigenvalue weighted by atomic mass is 9.89. The average molecular weight is 550 g/mol. The van der Waals surface area contributed by atoms with Crippen LogP contribution in [0.2, 0.25) is 0 Å². The number of nitro benzene ring substituents is 1. The molecule has 40 heavy (non-hydrogen) atoms. The first kappa shape index (κ1) is 26.8. The van der Waals surface area contributed by atoms with Gasteiger partial charge in [-0.3, -0.25) is 24.5 Å². The van der Waals surface area contributed by atoms with Crippen LogP contribution in [0.25, 0.3) is 0 Å². The van der Waals surface area contributed by atoms with Crippen molar-refractivity contribution in [1.82, 2.24) is 0 Å². The molecular formula is C28H27N3O9. The van der Waals surface area contributed by atoms with Gasteiger partial charge in [-0.25, -0.2) is 9.96 Å². The fourth-order valence-electron chi connectivity index (χ4n) is 5.21. The summed E-state index contributed by atoms with van der Waals surface area (Å²) in [5.74, 6) is -0.825. The molecule has 2 fully saturated rings. The Balaban J connectivity index is 1.68. The number of hydroxylamine groups is 1. The molecule has 0 bridgehead atoms. The first-order valence-electron chi connectivity index (χ1n) is 12.4. The van der Waals surface area contributed by atoms with Crippen LogP contribution in [0, 0.1) is 16.0 Å². The van der Waals surface area contributed by atoms with Gasteiger partial charge in [-0.1, -0.05) is 18.2 Å². The predicted octanol–water partition coefficient (Wildman–Crippen LogP) is 4.07. The van der Waals surface area contributed by atoms with Gasteiger partial charge in [0.1, 0.15) is 17.7 Å². The van der Waals surface area contributed by atoms with E-state index in [1.165, 1.54) is 44.6 Å². The number of carbonyl (C=O) groups excluding carboxylic acids is 2. The summed E-state index contributed by atoms with van der Waals surface area (Å²) in [5, 5.41) is 12.9. The van der Waals surface area contributed by atoms with E-state index < -0.39 is 34.8 Å². The molecule has 2 aliphatic heterocycles. The third-order valence-corrected chi connectivity index (χ3v) is 6.87. The number of nitro groups is 1. The Morgan fingerprint density at radius 1 is 0.900 bits per heavy atom. The molecule has 2 aliphatic rings. The van der Waals surface area contributed by atoms with Crippen molar-refractivity contribution < 1.29 is 38.3 Å². The molecule has 3 aromatic rings. The first-order chi connectivity index (χ1) is 19.4. The summed E-state index contributed by atoms with van der Waals surface area (Å²) in [6.45, 7) is 2.14. The molecular weight excluding hydrogens is 522 g/mol. The van der Waals surface area contributed by atoms with Crippen LogP contribution in [0.1, 0.15) is 18.5 Å². The Bertz CT molecular complexity index is 1480. The molecule has 12 nitrogen and oxygen atoms in total. The number of non-ortho nitro benzene ring substituents is 1. The molecule has 0 saturated carbocycles. The quantitative estimate of drug-likeness (QED) is 0.219. The molecule has 12 heteroatoms. The van der Waals surface area contributed by atoms with Gasteiger partial charge >= 0.3 is 0 Å². The van der Waals surface area contributed by atoms with E-state index in [4.69, 9.17) is 23.8 Å². The number of hydrogen-bond acceptors (Lipinski definition) is 10. The molecule has 0 aliphatic carbocycles. The van der Waals surface area contributed by atoms with Gasteiger partial charge in [-0.15, -0.1) is 0 Å². The second-order valence-electron chi connectivity index (χ2n) is 8.94. The molecule has 3 aromatic carbocycles. The molecule has 2 heterocycles. The molecule has 208 valence electrons. The van der Waals surface area contributed by atoms with Crippen molar-refractivity contribution in [2.75, 3.05) is 37.9 Å². The van der Waals surface area contributed by atoms with Gasteiger partial charge in [0.05, 0.1) is 44.2 Å². The van der Waals surface area contributed by atoms with Crippen LogP contribution < -0.4 is 28.9 Å². The number of ether oxygens (including phenoxy) is 4. The van der Waals surface area contributed by atoms with E-state index in [2.05, 4.69) is 0 Å². The minimum atomic E-state index is -1.22. The lowest BCUT2D eigenvalue weighted by Gasteiger charge is -2.30. The van der Waals surface area contributed by atoms with Crippen molar-refractivity contribution in [2.24, 2.45) is 5.92 Å². The normalized spacial score (nSPS) is 19.9. The van der Waals surface area contributed by atoms with Crippen molar-refractivity contribution in [3.63, 3.8) is 0 Å². The van der Waals surface area contributed by atoms with Crippen LogP contribution in [0.4, 0.5) is 17.1 Å². The number of anilines is 2. The number of fused-ring (bicyclic) bond motifs is 1. The summed E-state index contributed by atoms with van der Waals surface area (Å²) in [6, 6.07) is 14.9. The SMILES string of the molecule is CCOc1ccccc1N1C(=O)[C@@H]2[C@@H](ON(c3cccc([N+](=O)[O-])c3)[C@H]2c2ccc(OC)c(OC)c2OC)C1=O. The smallest absolute Gasteiger partial charge is 0.271 e. The zero-order chi connectivity index (χ0) is 28.6. The summed E-state index contributed by atoms with van der Waals surface area (Å²) in [4.78, 5) is 46.1. The largest absolute Gasteiger partial charge is 0.493 e. The molecule has 0 spiro atoms. The zero-order valence-corrected chi connectivity index (χ0v) is 22.2. The second kappa shape index (κ2) is 10.7. The van der Waals surface area contributed by atoms with Crippen LogP contribution in [0.5, 0.6) is 23.0 Å². The van der Waals surface area contributed by atoms with Crippen molar-refractivity contribution in [3.8, 4) is 23.0 Å². The van der Waals surface area contributed by atoms with Crippen LogP contribution in [0.15, 0.2) is 60.7 Å². The third-order valence-electron chi connectivity index (χ3n) is 6.87. The highest BCUT2D eigenvalue weighted by atomic mass is 16.7. The van der Waals surface area contributed by atoms with Crippen LogP contribution in [0.3, 0.4) is 0 Å². The Morgan fingerprint density at radius 3 is 2.33 bits per heavy atom. The number of para-hydroxylation sites is 2. The maximum absolute atomic E-state index is 14.1. The molecule has 3 atom stereocenters. The molecule has 0 N–H and O–H groups in total. The zero-order valence-electron chi connectivity index (χ0n) is 22.2. The lowest BCUT2D eigenvalue weighted by Crippen LogP contribution is -2.37. The van der Waals surface area contributed by atoms with E-state index in [-0.39, 0.29) is 22.9 Å². The number of amides is 2. The predicted molar refractivity (Wildman–Crippen MR) is 143 cm³/mol. The minimum Gasteiger partial charge on any atom is -0.493 e. The van der Waals surface area contributed by atoms with Crippen LogP contribution in [-0.2, 0) is 14.4 Å². The van der Waals surface area contributed by atoms with Gasteiger partial charge in [0.2, 0.25) is 11.7 Å². The number of carbonyl (C=O) groups is 2. The van der Waals surface area contributed by atoms with Gasteiger partial charge in [0, 0.05) is 17.7 Å². The molecule has 5 rings (SSSR count). The van der Waals surface area contributed by atoms with Crippen molar-refractivity contribution in [1.29, 1.82) is 0 Å². The number of hydrogen-bond donors (Lipinski definition) is 0. The highest BCUT2D eigenvalue weighted by Crippen LogP contribution is 2.53. The monoisotopic (exact) mass is 549 g/mol. The molecule has 0 aromatic heterocycles. The second-order valence-corrected chi connectivity index (χ2v) is 8.94. The van der Waals surface area contributed by atoms with E-state index in [0.29, 0.717) is 29.4 Å². The molecule has 0 radical (unpaired) electrons. The van der Waals surface area contributed by atoms with Gasteiger partial charge in [0.15, 0.2) is 17.6 Å². The molecule has 0 unspecified atom stereocenters. The summed E-state index contributed by atoms with van der Waals surface area (Å²) in [7, 11) is 4.37. The van der Waals surface area contributed by atoms with Crippen molar-refractivity contribution >= 4 is 28.9 Å². The summed E-state index contributed by atoms with van der Waals surface area (Å²) < 4.78 is 22.4. The fourth-order valence-corrected chi connectivity index (χ4v) is 5.21. The lowest BCUT2D eigenvalue weighted by molar-refractivity contribution is -0.384. The van der Waals surface area contributed by atoms with E-state index >= 15 is 0 Å². The number of rotatable bonds is 9. The van der Waals surface area contributed by atoms with E-state index in [1.54, 1.807) is 49.4 Å². The summed E-state index contributed by atoms with van der Waals surface area (Å²) >= 11 is 0. The Hall–Kier alpha value is -4.84. The highest BCUT2D eigenvalue weighted by molar-refractivity contribution is 6.24. The standard InChI is InChI=1S/C28H27N3O9/c1-5-39-20-12-7-6-11-19(20)29-27(32)22-23(18-13-14-21(36-2)25(38-4)24(18)37-3)30(40-26(22)28(29)33)16-9-8-10-17(15-16)31(34)35/h6-15,22-23,26H,5H2,1-4H3/t22-,23-,26+/m0/s1. The number of benzene rings is 3. The van der Waals surface area contributed by atoms with Gasteiger partial charge < -0.3 is 18.9 Å². The number of imide groups is 1. The fraction of sp³-hybridized carbons (Fsp3) is 0.286. The number of methoxy groups -OCH3 is 3. The van der Waals surface area contributed by atoms with Gasteiger partial charge in [-0.2, -0.15) is 0 Å². The van der Waals surface area contributed by atoms with E-state index in [1.807, 2.05) is 0 Å². The van der Waals surface area contributed by atoms with E-state index in [9.17, 15) is 19.7 Å². The first-order valence-corrected chi connectivity index (χ1v) is 12.4. The van der Waals surface area contributed by atoms with Gasteiger partial charge in [-0.05, 0) is 37.3 Å². The number of nitrogens with zero attached hydrogens (tertiary/aromatic N) is 3. The maximum atomic E-state index is 14.1. The highest BCUT2D eigenvalue weighted by Gasteiger charge is 2.61. The van der Waals surface area contributed by atoms with Crippen molar-refractivity contribution in [2.45, 2.75) is 19.1 Å². The summed E-state index contributed by atoms with van der Waals surface area (Å²) in [6.07, 6.45) is -1.22. The van der Waals surface area contributed by atoms with E-state index in [0.717, 1.165) is 4.90 Å². The summed E-state index contributed by atoms with van der Waals surface area (Å²) in [5.41, 5.74) is 0.867. The topological polar surface area (TPSA) is 130 Å². The molecule has 2 saturated heterocycles. The van der Waals surface area contributed by atoms with Crippen LogP contribution in [-0.4, -0.2) is 50.8 Å². The minimum absolute atomic E-state index is 0.180. The molecule has 2 amide bonds.